The molecule has 0 spiro atoms. The van der Waals surface area contributed by atoms with Crippen LogP contribution in [0.4, 0.5) is 0 Å². The van der Waals surface area contributed by atoms with Gasteiger partial charge in [0.2, 0.25) is 0 Å². The summed E-state index contributed by atoms with van der Waals surface area (Å²) < 4.78 is 0. The molecule has 100 valence electrons. The molecular weight excluding hydrogens is 259 g/mol. The van der Waals surface area contributed by atoms with Gasteiger partial charge in [-0.25, -0.2) is 0 Å². The van der Waals surface area contributed by atoms with E-state index in [0.717, 1.165) is 0 Å². The van der Waals surface area contributed by atoms with Crippen molar-refractivity contribution in [2.75, 3.05) is 0 Å². The molecule has 0 aliphatic rings. The first-order valence-electron chi connectivity index (χ1n) is 4.76. The van der Waals surface area contributed by atoms with E-state index in [2.05, 4.69) is 0 Å². The maximum atomic E-state index is 9.83. The third kappa shape index (κ3) is 61.9. The summed E-state index contributed by atoms with van der Waals surface area (Å²) in [4.78, 5) is 37.8. The van der Waals surface area contributed by atoms with Crippen molar-refractivity contribution in [2.45, 2.75) is 40.0 Å². The van der Waals surface area contributed by atoms with Gasteiger partial charge in [-0.15, -0.1) is 0 Å². The molecule has 0 aromatic rings. The van der Waals surface area contributed by atoms with Crippen molar-refractivity contribution < 1.29 is 34.5 Å². The normalized spacial score (nSPS) is 7.28. The summed E-state index contributed by atoms with van der Waals surface area (Å²) in [6.07, 6.45) is -0.250. The van der Waals surface area contributed by atoms with Crippen molar-refractivity contribution in [3.63, 3.8) is 0 Å². The van der Waals surface area contributed by atoms with E-state index >= 15 is 0 Å². The van der Waals surface area contributed by atoms with Crippen LogP contribution in [0.5, 0.6) is 0 Å². The minimum atomic E-state index is -1.31. The van der Waals surface area contributed by atoms with Crippen LogP contribution >= 0.6 is 0 Å². The van der Waals surface area contributed by atoms with Gasteiger partial charge in [-0.05, 0) is 19.8 Å². The van der Waals surface area contributed by atoms with Gasteiger partial charge in [0.15, 0.2) is 0 Å². The number of Topliss-reactive ketones (excluding diaryl/α,β-unsaturated/α-hetero) is 1. The van der Waals surface area contributed by atoms with E-state index in [0.29, 0.717) is 0 Å². The Kier molecular flexibility index (Phi) is 25.4. The smallest absolute Gasteiger partial charge is 0.550 e. The zero-order chi connectivity index (χ0) is 14.4. The molecule has 18 heavy (non-hydrogen) atoms. The largest absolute Gasteiger partial charge is 3.00 e. The molecule has 8 heteroatoms. The molecule has 0 amide bonds. The molecule has 0 saturated carbocycles. The van der Waals surface area contributed by atoms with Gasteiger partial charge in [-0.3, -0.25) is 4.79 Å². The number of carbonyl (C=O) groups is 4. The third-order valence-electron chi connectivity index (χ3n) is 0.971. The molecule has 0 aromatic carbocycles. The summed E-state index contributed by atoms with van der Waals surface area (Å²) in [5.74, 6) is -3.68. The van der Waals surface area contributed by atoms with Crippen LogP contribution in [0.3, 0.4) is 0 Å². The Hall–Kier alpha value is -1.39. The van der Waals surface area contributed by atoms with Crippen molar-refractivity contribution in [1.29, 1.82) is 0 Å². The van der Waals surface area contributed by atoms with Gasteiger partial charge in [0.1, 0.15) is 5.78 Å². The number of carbonyl (C=O) groups excluding carboxylic acids is 4. The third-order valence-corrected chi connectivity index (χ3v) is 0.971. The number of hydrogen-bond donors (Lipinski definition) is 0. The van der Waals surface area contributed by atoms with Crippen molar-refractivity contribution in [3.8, 4) is 0 Å². The van der Waals surface area contributed by atoms with E-state index in [1.807, 2.05) is 0 Å². The first-order valence-corrected chi connectivity index (χ1v) is 4.76. The van der Waals surface area contributed by atoms with Crippen molar-refractivity contribution in [2.24, 2.45) is 0 Å². The fourth-order valence-electron chi connectivity index (χ4n) is 0.203. The van der Waals surface area contributed by atoms with Crippen LogP contribution in [0.2, 0.25) is 0 Å². The summed E-state index contributed by atoms with van der Waals surface area (Å²) in [5, 5.41) is 28.0. The van der Waals surface area contributed by atoms with Crippen LogP contribution in [0.25, 0.3) is 0 Å². The molecular formula is C10H15AlO7. The fraction of sp³-hybridized carbons (Fsp3) is 0.600. The summed E-state index contributed by atoms with van der Waals surface area (Å²) >= 11 is 0. The van der Waals surface area contributed by atoms with E-state index in [4.69, 9.17) is 0 Å². The number of carboxylic acid groups (broad SMARTS) is 3. The molecule has 0 rings (SSSR count). The Balaban J connectivity index is -0.0000000813. The number of rotatable bonds is 4. The van der Waals surface area contributed by atoms with E-state index < -0.39 is 24.3 Å². The molecule has 0 aromatic heterocycles. The van der Waals surface area contributed by atoms with Crippen LogP contribution in [0.1, 0.15) is 40.0 Å². The molecule has 0 aliphatic heterocycles. The maximum Gasteiger partial charge on any atom is 3.00 e. The predicted molar refractivity (Wildman–Crippen MR) is 56.7 cm³/mol. The molecule has 7 nitrogen and oxygen atoms in total. The van der Waals surface area contributed by atoms with Crippen LogP contribution < -0.4 is 15.3 Å². The number of aliphatic carboxylic acids is 3. The Labute approximate surface area is 116 Å². The van der Waals surface area contributed by atoms with E-state index in [1.54, 1.807) is 0 Å². The Morgan fingerprint density at radius 1 is 0.778 bits per heavy atom. The first kappa shape index (κ1) is 25.5. The van der Waals surface area contributed by atoms with Crippen LogP contribution in [0, 0.1) is 0 Å². The van der Waals surface area contributed by atoms with Crippen molar-refractivity contribution in [3.05, 3.63) is 0 Å². The zero-order valence-corrected chi connectivity index (χ0v) is 11.7. The molecule has 0 aliphatic carbocycles. The molecule has 0 bridgehead atoms. The molecule has 0 saturated heterocycles. The first-order chi connectivity index (χ1) is 7.67. The van der Waals surface area contributed by atoms with Crippen LogP contribution in [-0.4, -0.2) is 41.1 Å². The molecule has 0 fully saturated rings. The molecule has 0 atom stereocenters. The van der Waals surface area contributed by atoms with Gasteiger partial charge in [0, 0.05) is 24.3 Å². The minimum absolute atomic E-state index is 0. The second-order valence-corrected chi connectivity index (χ2v) is 2.70. The zero-order valence-electron chi connectivity index (χ0n) is 10.6. The number of ketones is 1. The average molecular weight is 274 g/mol. The predicted octanol–water partition coefficient (Wildman–Crippen LogP) is -3.37. The van der Waals surface area contributed by atoms with Gasteiger partial charge in [0.05, 0.1) is 0 Å². The Bertz CT molecular complexity index is 237. The summed E-state index contributed by atoms with van der Waals surface area (Å²) in [6, 6.07) is 0. The van der Waals surface area contributed by atoms with Crippen LogP contribution in [0.15, 0.2) is 0 Å². The van der Waals surface area contributed by atoms with Gasteiger partial charge in [0.25, 0.3) is 0 Å². The monoisotopic (exact) mass is 274 g/mol. The Morgan fingerprint density at radius 2 is 1.00 bits per heavy atom. The topological polar surface area (TPSA) is 137 Å². The van der Waals surface area contributed by atoms with Gasteiger partial charge >= 0.3 is 17.4 Å². The van der Waals surface area contributed by atoms with Crippen molar-refractivity contribution >= 4 is 41.1 Å². The Morgan fingerprint density at radius 3 is 1.00 bits per heavy atom. The number of hydrogen-bond acceptors (Lipinski definition) is 7. The fourth-order valence-corrected chi connectivity index (χ4v) is 0.203. The molecule has 0 N–H and O–H groups in total. The van der Waals surface area contributed by atoms with Gasteiger partial charge in [-0.1, -0.05) is 13.8 Å². The minimum Gasteiger partial charge on any atom is -0.550 e. The molecule has 0 radical (unpaired) electrons. The van der Waals surface area contributed by atoms with E-state index in [1.165, 1.54) is 20.8 Å². The average Bonchev–Trinajstić information content (AvgIpc) is 2.17. The summed E-state index contributed by atoms with van der Waals surface area (Å²) in [7, 11) is 0. The second-order valence-electron chi connectivity index (χ2n) is 2.70. The van der Waals surface area contributed by atoms with Crippen LogP contribution in [-0.2, 0) is 19.2 Å². The summed E-state index contributed by atoms with van der Waals surface area (Å²) in [6.45, 7) is 4.28. The van der Waals surface area contributed by atoms with E-state index in [-0.39, 0.29) is 36.0 Å². The van der Waals surface area contributed by atoms with Gasteiger partial charge in [-0.2, -0.15) is 0 Å². The quantitative estimate of drug-likeness (QED) is 0.385. The van der Waals surface area contributed by atoms with E-state index in [9.17, 15) is 34.5 Å². The van der Waals surface area contributed by atoms with Crippen molar-refractivity contribution in [1.82, 2.24) is 0 Å². The number of carboxylic acids is 3. The SMILES string of the molecule is CC(=O)CC(=O)[O-].CCC(=O)[O-].CCC(=O)[O-].[Al+3]. The maximum absolute atomic E-state index is 9.83. The summed E-state index contributed by atoms with van der Waals surface area (Å²) in [5.41, 5.74) is 0. The molecule has 0 heterocycles. The standard InChI is InChI=1S/C4H6O3.2C3H6O2.Al/c1-3(5)2-4(6)7;2*1-2-3(4)5;/h2H2,1H3,(H,6,7);2*2H2,1H3,(H,4,5);/q;;;+3/p-3. The second kappa shape index (κ2) is 18.0. The molecule has 0 unspecified atom stereocenters. The van der Waals surface area contributed by atoms with Gasteiger partial charge < -0.3 is 29.7 Å².